The molecule has 11 nitrogen and oxygen atoms in total. The molecule has 4 fully saturated rings. The monoisotopic (exact) mass is 576 g/mol. The number of hydrogen-bond donors (Lipinski definition) is 0. The topological polar surface area (TPSA) is 149 Å². The third kappa shape index (κ3) is 4.37. The van der Waals surface area contributed by atoms with E-state index in [4.69, 9.17) is 23.7 Å². The molecule has 0 radical (unpaired) electrons. The van der Waals surface area contributed by atoms with E-state index in [9.17, 15) is 28.8 Å². The van der Waals surface area contributed by atoms with Crippen molar-refractivity contribution < 1.29 is 52.5 Å². The van der Waals surface area contributed by atoms with Crippen LogP contribution in [0.15, 0.2) is 12.2 Å². The summed E-state index contributed by atoms with van der Waals surface area (Å²) in [4.78, 5) is 77.5. The van der Waals surface area contributed by atoms with Crippen molar-refractivity contribution in [1.82, 2.24) is 0 Å². The van der Waals surface area contributed by atoms with Crippen molar-refractivity contribution in [3.8, 4) is 0 Å². The van der Waals surface area contributed by atoms with Gasteiger partial charge in [-0.2, -0.15) is 0 Å². The number of carbonyl (C=O) groups excluding carboxylic acids is 6. The zero-order chi connectivity index (χ0) is 30.9. The van der Waals surface area contributed by atoms with Gasteiger partial charge in [0.2, 0.25) is 0 Å². The molecular formula is C30H40O11. The fourth-order valence-corrected chi connectivity index (χ4v) is 9.09. The summed E-state index contributed by atoms with van der Waals surface area (Å²) >= 11 is 0. The number of rotatable bonds is 5. The summed E-state index contributed by atoms with van der Waals surface area (Å²) < 4.78 is 29.5. The van der Waals surface area contributed by atoms with E-state index in [0.29, 0.717) is 12.8 Å². The second-order valence-corrected chi connectivity index (χ2v) is 12.9. The largest absolute Gasteiger partial charge is 0.462 e. The molecule has 0 aromatic heterocycles. The molecule has 0 aromatic carbocycles. The Morgan fingerprint density at radius 2 is 1.32 bits per heavy atom. The molecule has 0 aliphatic heterocycles. The summed E-state index contributed by atoms with van der Waals surface area (Å²) in [6.07, 6.45) is -3.36. The van der Waals surface area contributed by atoms with E-state index in [1.807, 2.05) is 6.92 Å². The third-order valence-corrected chi connectivity index (χ3v) is 10.1. The number of Topliss-reactive ketones (excluding diaryl/α,β-unsaturated/α-hetero) is 1. The van der Waals surface area contributed by atoms with Crippen molar-refractivity contribution in [2.75, 3.05) is 0 Å². The normalized spacial score (nSPS) is 40.4. The maximum Gasteiger partial charge on any atom is 0.303 e. The van der Waals surface area contributed by atoms with Gasteiger partial charge in [0.25, 0.3) is 0 Å². The maximum atomic E-state index is 14.7. The zero-order valence-electron chi connectivity index (χ0n) is 25.0. The van der Waals surface area contributed by atoms with Crippen LogP contribution in [-0.4, -0.2) is 65.6 Å². The first-order valence-electron chi connectivity index (χ1n) is 14.0. The molecule has 2 bridgehead atoms. The SMILES string of the molecule is C=C1C(=O)C23C(OC(C)=O)CC4C(C)(C)CC[C@@H](OC(C)=O)[C@@]4(C)C2C(OC(C)=O)C[C@]1(OC(C)=O)C3OC(C)=O. The van der Waals surface area contributed by atoms with Gasteiger partial charge in [-0.05, 0) is 30.6 Å². The molecule has 11 heteroatoms. The number of hydrogen-bond acceptors (Lipinski definition) is 11. The van der Waals surface area contributed by atoms with Crippen molar-refractivity contribution in [2.24, 2.45) is 28.1 Å². The first kappa shape index (κ1) is 30.7. The fourth-order valence-electron chi connectivity index (χ4n) is 9.09. The van der Waals surface area contributed by atoms with Crippen molar-refractivity contribution in [2.45, 2.75) is 111 Å². The van der Waals surface area contributed by atoms with Crippen LogP contribution in [0.5, 0.6) is 0 Å². The van der Waals surface area contributed by atoms with Crippen molar-refractivity contribution in [3.05, 3.63) is 12.2 Å². The fraction of sp³-hybridized carbons (Fsp3) is 0.733. The van der Waals surface area contributed by atoms with Crippen molar-refractivity contribution >= 4 is 35.6 Å². The van der Waals surface area contributed by atoms with Crippen molar-refractivity contribution in [1.29, 1.82) is 0 Å². The van der Waals surface area contributed by atoms with E-state index < -0.39 is 82.4 Å². The lowest BCUT2D eigenvalue weighted by Gasteiger charge is -2.68. The van der Waals surface area contributed by atoms with E-state index >= 15 is 0 Å². The number of carbonyl (C=O) groups is 6. The van der Waals surface area contributed by atoms with Gasteiger partial charge in [0.1, 0.15) is 23.7 Å². The Morgan fingerprint density at radius 3 is 1.83 bits per heavy atom. The van der Waals surface area contributed by atoms with Crippen LogP contribution in [-0.2, 0) is 52.5 Å². The molecule has 0 aromatic rings. The Labute approximate surface area is 239 Å². The highest BCUT2D eigenvalue weighted by Gasteiger charge is 2.85. The molecular weight excluding hydrogens is 536 g/mol. The molecule has 4 rings (SSSR count). The van der Waals surface area contributed by atoms with E-state index in [-0.39, 0.29) is 29.7 Å². The van der Waals surface area contributed by atoms with E-state index in [1.165, 1.54) is 20.8 Å². The van der Waals surface area contributed by atoms with E-state index in [1.54, 1.807) is 0 Å². The summed E-state index contributed by atoms with van der Waals surface area (Å²) in [6.45, 7) is 16.1. The first-order valence-corrected chi connectivity index (χ1v) is 14.0. The predicted molar refractivity (Wildman–Crippen MR) is 141 cm³/mol. The predicted octanol–water partition coefficient (Wildman–Crippen LogP) is 3.01. The van der Waals surface area contributed by atoms with E-state index in [0.717, 1.165) is 13.8 Å². The van der Waals surface area contributed by atoms with Gasteiger partial charge < -0.3 is 23.7 Å². The molecule has 1 spiro atoms. The van der Waals surface area contributed by atoms with Crippen LogP contribution in [0, 0.1) is 28.1 Å². The Morgan fingerprint density at radius 1 is 0.780 bits per heavy atom. The van der Waals surface area contributed by atoms with Gasteiger partial charge in [0, 0.05) is 57.9 Å². The second-order valence-electron chi connectivity index (χ2n) is 12.9. The van der Waals surface area contributed by atoms with Gasteiger partial charge in [0.15, 0.2) is 17.5 Å². The molecule has 0 amide bonds. The van der Waals surface area contributed by atoms with Crippen LogP contribution >= 0.6 is 0 Å². The van der Waals surface area contributed by atoms with Crippen LogP contribution in [0.25, 0.3) is 0 Å². The minimum atomic E-state index is -1.88. The van der Waals surface area contributed by atoms with Crippen LogP contribution in [0.4, 0.5) is 0 Å². The van der Waals surface area contributed by atoms with Crippen LogP contribution < -0.4 is 0 Å². The van der Waals surface area contributed by atoms with Crippen molar-refractivity contribution in [3.63, 3.8) is 0 Å². The Hall–Kier alpha value is -3.24. The summed E-state index contributed by atoms with van der Waals surface area (Å²) in [5, 5.41) is 0. The van der Waals surface area contributed by atoms with Gasteiger partial charge in [-0.15, -0.1) is 0 Å². The molecule has 226 valence electrons. The quantitative estimate of drug-likeness (QED) is 0.270. The van der Waals surface area contributed by atoms with Crippen LogP contribution in [0.1, 0.15) is 81.1 Å². The minimum absolute atomic E-state index is 0.142. The second kappa shape index (κ2) is 9.94. The Balaban J connectivity index is 2.13. The number of esters is 5. The summed E-state index contributed by atoms with van der Waals surface area (Å²) in [6, 6.07) is 0. The Kier molecular flexibility index (Phi) is 7.45. The van der Waals surface area contributed by atoms with Gasteiger partial charge in [-0.25, -0.2) is 0 Å². The molecule has 4 saturated carbocycles. The third-order valence-electron chi connectivity index (χ3n) is 10.1. The number of ketones is 1. The average Bonchev–Trinajstić information content (AvgIpc) is 2.91. The molecule has 0 heterocycles. The highest BCUT2D eigenvalue weighted by Crippen LogP contribution is 2.74. The summed E-state index contributed by atoms with van der Waals surface area (Å²) in [5.74, 6) is -5.25. The Bertz CT molecular complexity index is 1220. The lowest BCUT2D eigenvalue weighted by molar-refractivity contribution is -0.299. The van der Waals surface area contributed by atoms with Crippen LogP contribution in [0.3, 0.4) is 0 Å². The molecule has 4 aliphatic rings. The summed E-state index contributed by atoms with van der Waals surface area (Å²) in [7, 11) is 0. The smallest absolute Gasteiger partial charge is 0.303 e. The molecule has 9 atom stereocenters. The maximum absolute atomic E-state index is 14.7. The molecule has 0 saturated heterocycles. The number of ether oxygens (including phenoxy) is 5. The number of fused-ring (bicyclic) bond motifs is 3. The highest BCUT2D eigenvalue weighted by molar-refractivity contribution is 6.07. The van der Waals surface area contributed by atoms with Gasteiger partial charge >= 0.3 is 29.8 Å². The molecule has 4 aliphatic carbocycles. The molecule has 41 heavy (non-hydrogen) atoms. The lowest BCUT2D eigenvalue weighted by atomic mass is 9.38. The lowest BCUT2D eigenvalue weighted by Crippen LogP contribution is -2.76. The van der Waals surface area contributed by atoms with Crippen LogP contribution in [0.2, 0.25) is 0 Å². The van der Waals surface area contributed by atoms with Gasteiger partial charge in [0.05, 0.1) is 0 Å². The standard InChI is InChI=1S/C30H40O11/c1-14-25(36)30-23(39-17(4)33)12-21-27(7,8)11-10-22(38-16(3)32)28(21,9)24(30)20(37-15(2)31)13-29(14,41-19(6)35)26(30)40-18(5)34/h20-24,26H,1,10-13H2,2-9H3/t20?,21?,22-,23?,24?,26?,28+,29-,30?/m1/s1. The average molecular weight is 577 g/mol. The summed E-state index contributed by atoms with van der Waals surface area (Å²) in [5.41, 5.74) is -5.30. The van der Waals surface area contributed by atoms with Gasteiger partial charge in [-0.1, -0.05) is 27.4 Å². The van der Waals surface area contributed by atoms with E-state index in [2.05, 4.69) is 20.4 Å². The molecule has 0 N–H and O–H groups in total. The first-order chi connectivity index (χ1) is 18.8. The zero-order valence-corrected chi connectivity index (χ0v) is 25.0. The molecule has 6 unspecified atom stereocenters. The van der Waals surface area contributed by atoms with Gasteiger partial charge in [-0.3, -0.25) is 28.8 Å². The highest BCUT2D eigenvalue weighted by atomic mass is 16.6. The minimum Gasteiger partial charge on any atom is -0.462 e.